The Balaban J connectivity index is 2.31. The fourth-order valence-electron chi connectivity index (χ4n) is 2.22. The second kappa shape index (κ2) is 7.09. The number of alkyl halides is 3. The van der Waals surface area contributed by atoms with Crippen LogP contribution in [0.3, 0.4) is 0 Å². The molecule has 0 bridgehead atoms. The molecule has 1 aliphatic rings. The molecule has 3 N–H and O–H groups in total. The molecule has 7 heteroatoms. The third-order valence-corrected chi connectivity index (χ3v) is 2.98. The van der Waals surface area contributed by atoms with Gasteiger partial charge in [0.2, 0.25) is 5.91 Å². The van der Waals surface area contributed by atoms with Gasteiger partial charge in [0.25, 0.3) is 0 Å². The van der Waals surface area contributed by atoms with E-state index in [1.54, 1.807) is 6.92 Å². The maximum Gasteiger partial charge on any atom is 0.411 e. The highest BCUT2D eigenvalue weighted by molar-refractivity contribution is 5.76. The first-order chi connectivity index (χ1) is 8.76. The van der Waals surface area contributed by atoms with Crippen molar-refractivity contribution in [2.45, 2.75) is 63.4 Å². The summed E-state index contributed by atoms with van der Waals surface area (Å²) in [6, 6.07) is -0.334. The van der Waals surface area contributed by atoms with Gasteiger partial charge >= 0.3 is 6.18 Å². The molecule has 1 rings (SSSR count). The number of hydrogen-bond donors (Lipinski definition) is 2. The van der Waals surface area contributed by atoms with E-state index in [9.17, 15) is 18.0 Å². The minimum absolute atomic E-state index is 0.113. The zero-order chi connectivity index (χ0) is 14.5. The van der Waals surface area contributed by atoms with Gasteiger partial charge in [0.1, 0.15) is 6.61 Å². The van der Waals surface area contributed by atoms with Gasteiger partial charge in [-0.05, 0) is 32.6 Å². The van der Waals surface area contributed by atoms with Gasteiger partial charge in [-0.2, -0.15) is 13.2 Å². The SMILES string of the molecule is CC(N)CC(=O)NC1CCCC(OCC(F)(F)F)C1. The molecular weight excluding hydrogens is 261 g/mol. The third kappa shape index (κ3) is 7.37. The lowest BCUT2D eigenvalue weighted by molar-refractivity contribution is -0.188. The summed E-state index contributed by atoms with van der Waals surface area (Å²) in [5.41, 5.74) is 5.51. The molecule has 1 amide bonds. The Hall–Kier alpha value is -0.820. The van der Waals surface area contributed by atoms with E-state index in [0.717, 1.165) is 12.8 Å². The Bertz CT molecular complexity index is 295. The normalized spacial score (nSPS) is 25.9. The molecule has 0 saturated heterocycles. The average molecular weight is 282 g/mol. The molecule has 1 fully saturated rings. The number of carbonyl (C=O) groups excluding carboxylic acids is 1. The molecule has 0 aromatic rings. The Morgan fingerprint density at radius 3 is 2.74 bits per heavy atom. The number of carbonyl (C=O) groups is 1. The number of amides is 1. The Kier molecular flexibility index (Phi) is 6.06. The average Bonchev–Trinajstić information content (AvgIpc) is 2.24. The van der Waals surface area contributed by atoms with Gasteiger partial charge in [-0.3, -0.25) is 4.79 Å². The van der Waals surface area contributed by atoms with E-state index in [0.29, 0.717) is 12.8 Å². The van der Waals surface area contributed by atoms with Crippen LogP contribution in [0.15, 0.2) is 0 Å². The zero-order valence-electron chi connectivity index (χ0n) is 11.0. The van der Waals surface area contributed by atoms with Crippen molar-refractivity contribution in [2.24, 2.45) is 5.73 Å². The van der Waals surface area contributed by atoms with Crippen LogP contribution in [0.25, 0.3) is 0 Å². The summed E-state index contributed by atoms with van der Waals surface area (Å²) < 4.78 is 41.0. The van der Waals surface area contributed by atoms with Crippen molar-refractivity contribution in [1.29, 1.82) is 0 Å². The van der Waals surface area contributed by atoms with Gasteiger partial charge in [-0.15, -0.1) is 0 Å². The summed E-state index contributed by atoms with van der Waals surface area (Å²) >= 11 is 0. The predicted octanol–water partition coefficient (Wildman–Crippen LogP) is 1.73. The lowest BCUT2D eigenvalue weighted by atomic mass is 9.92. The molecule has 0 aliphatic heterocycles. The van der Waals surface area contributed by atoms with Gasteiger partial charge in [0.05, 0.1) is 6.10 Å². The topological polar surface area (TPSA) is 64.4 Å². The molecule has 3 atom stereocenters. The Morgan fingerprint density at radius 2 is 2.16 bits per heavy atom. The standard InChI is InChI=1S/C12H21F3N2O2/c1-8(16)5-11(18)17-9-3-2-4-10(6-9)19-7-12(13,14)15/h8-10H,2-7,16H2,1H3,(H,17,18). The quantitative estimate of drug-likeness (QED) is 0.807. The molecule has 0 aromatic carbocycles. The molecule has 19 heavy (non-hydrogen) atoms. The summed E-state index contributed by atoms with van der Waals surface area (Å²) in [4.78, 5) is 11.5. The largest absolute Gasteiger partial charge is 0.411 e. The molecule has 0 radical (unpaired) electrons. The van der Waals surface area contributed by atoms with Crippen LogP contribution in [0.4, 0.5) is 13.2 Å². The van der Waals surface area contributed by atoms with E-state index in [4.69, 9.17) is 10.5 Å². The van der Waals surface area contributed by atoms with Crippen LogP contribution >= 0.6 is 0 Å². The lowest BCUT2D eigenvalue weighted by Crippen LogP contribution is -2.42. The van der Waals surface area contributed by atoms with Crippen molar-refractivity contribution in [3.8, 4) is 0 Å². The first-order valence-electron chi connectivity index (χ1n) is 6.49. The maximum atomic E-state index is 12.1. The lowest BCUT2D eigenvalue weighted by Gasteiger charge is -2.30. The van der Waals surface area contributed by atoms with Crippen LogP contribution in [0.5, 0.6) is 0 Å². The van der Waals surface area contributed by atoms with E-state index in [1.165, 1.54) is 0 Å². The number of halogens is 3. The smallest absolute Gasteiger partial charge is 0.369 e. The van der Waals surface area contributed by atoms with Gasteiger partial charge < -0.3 is 15.8 Å². The highest BCUT2D eigenvalue weighted by Crippen LogP contribution is 2.24. The van der Waals surface area contributed by atoms with Crippen LogP contribution < -0.4 is 11.1 Å². The predicted molar refractivity (Wildman–Crippen MR) is 64.5 cm³/mol. The summed E-state index contributed by atoms with van der Waals surface area (Å²) in [6.07, 6.45) is -1.94. The molecular formula is C12H21F3N2O2. The van der Waals surface area contributed by atoms with Gasteiger partial charge in [0.15, 0.2) is 0 Å². The fourth-order valence-corrected chi connectivity index (χ4v) is 2.22. The minimum atomic E-state index is -4.30. The summed E-state index contributed by atoms with van der Waals surface area (Å²) in [5.74, 6) is -0.156. The third-order valence-electron chi connectivity index (χ3n) is 2.98. The Labute approximate surface area is 110 Å². The highest BCUT2D eigenvalue weighted by Gasteiger charge is 2.31. The van der Waals surface area contributed by atoms with Crippen molar-refractivity contribution in [2.75, 3.05) is 6.61 Å². The minimum Gasteiger partial charge on any atom is -0.369 e. The van der Waals surface area contributed by atoms with Gasteiger partial charge in [-0.25, -0.2) is 0 Å². The van der Waals surface area contributed by atoms with Crippen molar-refractivity contribution < 1.29 is 22.7 Å². The second-order valence-corrected chi connectivity index (χ2v) is 5.16. The fraction of sp³-hybridized carbons (Fsp3) is 0.917. The molecule has 0 heterocycles. The molecule has 1 aliphatic carbocycles. The first kappa shape index (κ1) is 16.2. The zero-order valence-corrected chi connectivity index (χ0v) is 11.0. The number of hydrogen-bond acceptors (Lipinski definition) is 3. The Morgan fingerprint density at radius 1 is 1.47 bits per heavy atom. The summed E-state index contributed by atoms with van der Waals surface area (Å²) in [7, 11) is 0. The van der Waals surface area contributed by atoms with Crippen LogP contribution in [-0.2, 0) is 9.53 Å². The van der Waals surface area contributed by atoms with Crippen molar-refractivity contribution in [3.63, 3.8) is 0 Å². The van der Waals surface area contributed by atoms with Crippen LogP contribution in [0.2, 0.25) is 0 Å². The van der Waals surface area contributed by atoms with Gasteiger partial charge in [0, 0.05) is 18.5 Å². The molecule has 0 spiro atoms. The number of nitrogens with two attached hydrogens (primary N) is 1. The van der Waals surface area contributed by atoms with Crippen LogP contribution in [0.1, 0.15) is 39.0 Å². The first-order valence-corrected chi connectivity index (χ1v) is 6.49. The van der Waals surface area contributed by atoms with E-state index < -0.39 is 18.9 Å². The van der Waals surface area contributed by atoms with E-state index in [1.807, 2.05) is 0 Å². The van der Waals surface area contributed by atoms with E-state index in [-0.39, 0.29) is 24.4 Å². The number of ether oxygens (including phenoxy) is 1. The van der Waals surface area contributed by atoms with E-state index in [2.05, 4.69) is 5.32 Å². The van der Waals surface area contributed by atoms with Crippen molar-refractivity contribution in [1.82, 2.24) is 5.32 Å². The van der Waals surface area contributed by atoms with Crippen molar-refractivity contribution in [3.05, 3.63) is 0 Å². The number of rotatable bonds is 5. The molecule has 0 aromatic heterocycles. The molecule has 112 valence electrons. The molecule has 1 saturated carbocycles. The van der Waals surface area contributed by atoms with E-state index >= 15 is 0 Å². The van der Waals surface area contributed by atoms with Crippen molar-refractivity contribution >= 4 is 5.91 Å². The monoisotopic (exact) mass is 282 g/mol. The summed E-state index contributed by atoms with van der Waals surface area (Å²) in [5, 5.41) is 2.80. The number of nitrogens with one attached hydrogen (secondary N) is 1. The summed E-state index contributed by atoms with van der Waals surface area (Å²) in [6.45, 7) is 0.508. The second-order valence-electron chi connectivity index (χ2n) is 5.16. The van der Waals surface area contributed by atoms with Gasteiger partial charge in [-0.1, -0.05) is 0 Å². The molecule has 4 nitrogen and oxygen atoms in total. The highest BCUT2D eigenvalue weighted by atomic mass is 19.4. The van der Waals surface area contributed by atoms with Crippen LogP contribution in [0, 0.1) is 0 Å². The molecule has 3 unspecified atom stereocenters. The van der Waals surface area contributed by atoms with Crippen LogP contribution in [-0.4, -0.2) is 36.9 Å². The maximum absolute atomic E-state index is 12.1.